The molecule has 0 aliphatic carbocycles. The Morgan fingerprint density at radius 2 is 1.65 bits per heavy atom. The number of benzene rings is 2. The molecule has 4 nitrogen and oxygen atoms in total. The van der Waals surface area contributed by atoms with Crippen LogP contribution in [-0.4, -0.2) is 24.5 Å². The number of hydrogen-bond donors (Lipinski definition) is 0. The van der Waals surface area contributed by atoms with Crippen molar-refractivity contribution in [3.63, 3.8) is 0 Å². The second kappa shape index (κ2) is 8.13. The van der Waals surface area contributed by atoms with Gasteiger partial charge in [0.25, 0.3) is 0 Å². The number of ether oxygens (including phenoxy) is 2. The first-order valence-corrected chi connectivity index (χ1v) is 7.55. The summed E-state index contributed by atoms with van der Waals surface area (Å²) in [6.45, 7) is 3.74. The second-order valence-electron chi connectivity index (χ2n) is 5.23. The average Bonchev–Trinajstić information content (AvgIpc) is 2.56. The monoisotopic (exact) mass is 312 g/mol. The van der Waals surface area contributed by atoms with Gasteiger partial charge in [0, 0.05) is 5.56 Å². The minimum absolute atomic E-state index is 0.0980. The van der Waals surface area contributed by atoms with Crippen LogP contribution in [0.15, 0.2) is 54.6 Å². The van der Waals surface area contributed by atoms with E-state index in [1.165, 1.54) is 0 Å². The van der Waals surface area contributed by atoms with Crippen molar-refractivity contribution >= 4 is 11.8 Å². The van der Waals surface area contributed by atoms with E-state index >= 15 is 0 Å². The lowest BCUT2D eigenvalue weighted by Crippen LogP contribution is -2.25. The molecule has 0 saturated heterocycles. The Hall–Kier alpha value is -2.62. The van der Waals surface area contributed by atoms with Crippen LogP contribution in [0.2, 0.25) is 0 Å². The average molecular weight is 312 g/mol. The summed E-state index contributed by atoms with van der Waals surface area (Å²) >= 11 is 0. The third kappa shape index (κ3) is 4.95. The Labute approximate surface area is 136 Å². The molecule has 0 heterocycles. The van der Waals surface area contributed by atoms with E-state index < -0.39 is 12.1 Å². The normalized spacial score (nSPS) is 11.6. The molecule has 0 aliphatic heterocycles. The van der Waals surface area contributed by atoms with Gasteiger partial charge in [0.2, 0.25) is 5.78 Å². The predicted molar refractivity (Wildman–Crippen MR) is 87.6 cm³/mol. The summed E-state index contributed by atoms with van der Waals surface area (Å²) in [5, 5.41) is 0. The molecule has 2 aromatic rings. The fourth-order valence-electron chi connectivity index (χ4n) is 2.11. The quantitative estimate of drug-likeness (QED) is 0.579. The van der Waals surface area contributed by atoms with E-state index in [4.69, 9.17) is 9.47 Å². The SMILES string of the molecule is Cc1ccccc1OCCC(=O)OC(C)C(=O)c1ccccc1. The van der Waals surface area contributed by atoms with Gasteiger partial charge < -0.3 is 9.47 Å². The first-order chi connectivity index (χ1) is 11.1. The zero-order valence-electron chi connectivity index (χ0n) is 13.3. The van der Waals surface area contributed by atoms with Gasteiger partial charge in [-0.2, -0.15) is 0 Å². The molecule has 0 aliphatic rings. The highest BCUT2D eigenvalue weighted by atomic mass is 16.5. The van der Waals surface area contributed by atoms with Gasteiger partial charge in [-0.15, -0.1) is 0 Å². The number of para-hydroxylation sites is 1. The molecule has 120 valence electrons. The molecular weight excluding hydrogens is 292 g/mol. The van der Waals surface area contributed by atoms with E-state index in [0.717, 1.165) is 11.3 Å². The van der Waals surface area contributed by atoms with Gasteiger partial charge >= 0.3 is 5.97 Å². The number of Topliss-reactive ketones (excluding diaryl/α,β-unsaturated/α-hetero) is 1. The van der Waals surface area contributed by atoms with Crippen molar-refractivity contribution in [2.24, 2.45) is 0 Å². The van der Waals surface area contributed by atoms with Crippen molar-refractivity contribution in [2.75, 3.05) is 6.61 Å². The minimum Gasteiger partial charge on any atom is -0.493 e. The summed E-state index contributed by atoms with van der Waals surface area (Å²) in [6, 6.07) is 16.4. The third-order valence-corrected chi connectivity index (χ3v) is 3.39. The highest BCUT2D eigenvalue weighted by molar-refractivity contribution is 6.00. The van der Waals surface area contributed by atoms with Crippen LogP contribution in [0.5, 0.6) is 5.75 Å². The summed E-state index contributed by atoms with van der Waals surface area (Å²) < 4.78 is 10.7. The van der Waals surface area contributed by atoms with E-state index in [0.29, 0.717) is 5.56 Å². The highest BCUT2D eigenvalue weighted by Gasteiger charge is 2.19. The van der Waals surface area contributed by atoms with Crippen molar-refractivity contribution in [1.29, 1.82) is 0 Å². The standard InChI is InChI=1S/C19H20O4/c1-14-8-6-7-11-17(14)22-13-12-18(20)23-15(2)19(21)16-9-4-3-5-10-16/h3-11,15H,12-13H2,1-2H3. The Kier molecular flexibility index (Phi) is 5.92. The summed E-state index contributed by atoms with van der Waals surface area (Å²) in [5.41, 5.74) is 1.54. The molecule has 4 heteroatoms. The zero-order valence-corrected chi connectivity index (χ0v) is 13.3. The topological polar surface area (TPSA) is 52.6 Å². The number of hydrogen-bond acceptors (Lipinski definition) is 4. The van der Waals surface area contributed by atoms with Gasteiger partial charge in [0.1, 0.15) is 5.75 Å². The Morgan fingerprint density at radius 3 is 2.35 bits per heavy atom. The van der Waals surface area contributed by atoms with Crippen LogP contribution >= 0.6 is 0 Å². The molecule has 0 amide bonds. The maximum absolute atomic E-state index is 12.1. The van der Waals surface area contributed by atoms with Gasteiger partial charge in [-0.05, 0) is 25.5 Å². The van der Waals surface area contributed by atoms with Crippen LogP contribution in [0, 0.1) is 6.92 Å². The van der Waals surface area contributed by atoms with Crippen LogP contribution in [0.25, 0.3) is 0 Å². The first-order valence-electron chi connectivity index (χ1n) is 7.55. The van der Waals surface area contributed by atoms with Gasteiger partial charge in [-0.25, -0.2) is 0 Å². The molecule has 0 saturated carbocycles. The lowest BCUT2D eigenvalue weighted by molar-refractivity contribution is -0.146. The third-order valence-electron chi connectivity index (χ3n) is 3.39. The van der Waals surface area contributed by atoms with E-state index in [2.05, 4.69) is 0 Å². The van der Waals surface area contributed by atoms with Crippen molar-refractivity contribution in [3.8, 4) is 5.75 Å². The molecule has 0 fully saturated rings. The molecule has 2 rings (SSSR count). The molecule has 0 spiro atoms. The number of ketones is 1. The van der Waals surface area contributed by atoms with E-state index in [9.17, 15) is 9.59 Å². The highest BCUT2D eigenvalue weighted by Crippen LogP contribution is 2.16. The number of carbonyl (C=O) groups is 2. The lowest BCUT2D eigenvalue weighted by Gasteiger charge is -2.13. The number of carbonyl (C=O) groups excluding carboxylic acids is 2. The Morgan fingerprint density at radius 1 is 1.00 bits per heavy atom. The smallest absolute Gasteiger partial charge is 0.309 e. The summed E-state index contributed by atoms with van der Waals surface area (Å²) in [6.07, 6.45) is -0.704. The molecular formula is C19H20O4. The Bertz CT molecular complexity index is 664. The first kappa shape index (κ1) is 16.7. The van der Waals surface area contributed by atoms with Crippen LogP contribution in [0.4, 0.5) is 0 Å². The zero-order chi connectivity index (χ0) is 16.7. The second-order valence-corrected chi connectivity index (χ2v) is 5.23. The van der Waals surface area contributed by atoms with E-state index in [1.807, 2.05) is 37.3 Å². The summed E-state index contributed by atoms with van der Waals surface area (Å²) in [5.74, 6) is 0.0860. The van der Waals surface area contributed by atoms with Crippen molar-refractivity contribution < 1.29 is 19.1 Å². The molecule has 1 unspecified atom stereocenters. The van der Waals surface area contributed by atoms with Crippen LogP contribution < -0.4 is 4.74 Å². The van der Waals surface area contributed by atoms with E-state index in [-0.39, 0.29) is 18.8 Å². The van der Waals surface area contributed by atoms with Crippen molar-refractivity contribution in [2.45, 2.75) is 26.4 Å². The predicted octanol–water partition coefficient (Wildman–Crippen LogP) is 3.58. The number of rotatable bonds is 7. The van der Waals surface area contributed by atoms with Crippen LogP contribution in [0.1, 0.15) is 29.3 Å². The lowest BCUT2D eigenvalue weighted by atomic mass is 10.1. The maximum atomic E-state index is 12.1. The van der Waals surface area contributed by atoms with E-state index in [1.54, 1.807) is 31.2 Å². The van der Waals surface area contributed by atoms with Gasteiger partial charge in [0.05, 0.1) is 13.0 Å². The van der Waals surface area contributed by atoms with Crippen LogP contribution in [-0.2, 0) is 9.53 Å². The molecule has 0 N–H and O–H groups in total. The molecule has 2 aromatic carbocycles. The molecule has 0 bridgehead atoms. The fourth-order valence-corrected chi connectivity index (χ4v) is 2.11. The number of esters is 1. The molecule has 0 aromatic heterocycles. The summed E-state index contributed by atoms with van der Waals surface area (Å²) in [7, 11) is 0. The number of aryl methyl sites for hydroxylation is 1. The fraction of sp³-hybridized carbons (Fsp3) is 0.263. The Balaban J connectivity index is 1.78. The molecule has 0 radical (unpaired) electrons. The molecule has 23 heavy (non-hydrogen) atoms. The maximum Gasteiger partial charge on any atom is 0.309 e. The van der Waals surface area contributed by atoms with Crippen molar-refractivity contribution in [1.82, 2.24) is 0 Å². The van der Waals surface area contributed by atoms with Crippen LogP contribution in [0.3, 0.4) is 0 Å². The molecule has 1 atom stereocenters. The van der Waals surface area contributed by atoms with Gasteiger partial charge in [-0.3, -0.25) is 9.59 Å². The largest absolute Gasteiger partial charge is 0.493 e. The van der Waals surface area contributed by atoms with Crippen molar-refractivity contribution in [3.05, 3.63) is 65.7 Å². The van der Waals surface area contributed by atoms with Gasteiger partial charge in [-0.1, -0.05) is 48.5 Å². The minimum atomic E-state index is -0.802. The van der Waals surface area contributed by atoms with Gasteiger partial charge in [0.15, 0.2) is 6.10 Å². The summed E-state index contributed by atoms with van der Waals surface area (Å²) in [4.78, 5) is 23.9.